The molecule has 0 amide bonds. The number of nitrogens with zero attached hydrogens (tertiary/aromatic N) is 2. The Morgan fingerprint density at radius 3 is 1.70 bits per heavy atom. The average Bonchev–Trinajstić information content (AvgIpc) is 3.46. The molecule has 0 saturated carbocycles. The predicted molar refractivity (Wildman–Crippen MR) is 183 cm³/mol. The third kappa shape index (κ3) is 3.90. The molecule has 3 nitrogen and oxygen atoms in total. The van der Waals surface area contributed by atoms with E-state index in [2.05, 4.69) is 119 Å². The van der Waals surface area contributed by atoms with Crippen LogP contribution in [0.15, 0.2) is 144 Å². The molecule has 44 heavy (non-hydrogen) atoms. The van der Waals surface area contributed by atoms with Crippen molar-refractivity contribution in [3.63, 3.8) is 0 Å². The monoisotopic (exact) mass is 582 g/mol. The highest BCUT2D eigenvalue weighted by Gasteiger charge is 2.18. The summed E-state index contributed by atoms with van der Waals surface area (Å²) in [6, 6.07) is 48.9. The molecule has 0 atom stereocenters. The van der Waals surface area contributed by atoms with E-state index < -0.39 is 0 Å². The minimum absolute atomic E-state index is 0.190. The molecule has 0 fully saturated rings. The number of furan rings is 1. The van der Waals surface area contributed by atoms with E-state index in [-0.39, 0.29) is 5.28 Å². The summed E-state index contributed by atoms with van der Waals surface area (Å²) in [6.45, 7) is 0. The lowest BCUT2D eigenvalue weighted by Gasteiger charge is -2.12. The number of halogens is 1. The highest BCUT2D eigenvalue weighted by molar-refractivity contribution is 6.29. The van der Waals surface area contributed by atoms with Gasteiger partial charge in [0.15, 0.2) is 5.58 Å². The first kappa shape index (κ1) is 25.0. The van der Waals surface area contributed by atoms with Crippen molar-refractivity contribution in [2.75, 3.05) is 0 Å². The largest absolute Gasteiger partial charge is 0.452 e. The van der Waals surface area contributed by atoms with E-state index in [1.165, 1.54) is 32.3 Å². The van der Waals surface area contributed by atoms with Crippen molar-refractivity contribution in [2.45, 2.75) is 0 Å². The summed E-state index contributed by atoms with van der Waals surface area (Å²) in [5.41, 5.74) is 8.13. The maximum atomic E-state index is 6.55. The van der Waals surface area contributed by atoms with Crippen molar-refractivity contribution >= 4 is 66.0 Å². The van der Waals surface area contributed by atoms with Crippen molar-refractivity contribution < 1.29 is 4.42 Å². The second-order valence-electron chi connectivity index (χ2n) is 11.1. The van der Waals surface area contributed by atoms with Gasteiger partial charge in [0.2, 0.25) is 5.28 Å². The number of benzene rings is 7. The van der Waals surface area contributed by atoms with E-state index in [0.29, 0.717) is 16.8 Å². The van der Waals surface area contributed by atoms with Crippen molar-refractivity contribution in [1.82, 2.24) is 9.97 Å². The van der Waals surface area contributed by atoms with Crippen LogP contribution in [-0.4, -0.2) is 9.97 Å². The molecule has 7 aromatic carbocycles. The number of aromatic nitrogens is 2. The van der Waals surface area contributed by atoms with Crippen LogP contribution in [0.25, 0.3) is 87.9 Å². The minimum Gasteiger partial charge on any atom is -0.452 e. The lowest BCUT2D eigenvalue weighted by atomic mass is 9.91. The van der Waals surface area contributed by atoms with Crippen LogP contribution in [0.3, 0.4) is 0 Å². The Hall–Kier alpha value is -5.51. The van der Waals surface area contributed by atoms with Crippen LogP contribution in [0.2, 0.25) is 5.28 Å². The van der Waals surface area contributed by atoms with Gasteiger partial charge in [-0.25, -0.2) is 9.97 Å². The zero-order chi connectivity index (χ0) is 29.2. The first-order chi connectivity index (χ1) is 21.7. The van der Waals surface area contributed by atoms with Gasteiger partial charge in [-0.1, -0.05) is 115 Å². The van der Waals surface area contributed by atoms with E-state index in [1.807, 2.05) is 30.3 Å². The quantitative estimate of drug-likeness (QED) is 0.154. The van der Waals surface area contributed by atoms with Crippen LogP contribution >= 0.6 is 11.6 Å². The molecule has 0 aliphatic heterocycles. The summed E-state index contributed by atoms with van der Waals surface area (Å²) in [6.07, 6.45) is 0. The molecule has 9 rings (SSSR count). The Bertz CT molecular complexity index is 2530. The summed E-state index contributed by atoms with van der Waals surface area (Å²) in [7, 11) is 0. The van der Waals surface area contributed by atoms with Gasteiger partial charge in [-0.3, -0.25) is 0 Å². The molecule has 206 valence electrons. The molecule has 0 N–H and O–H groups in total. The predicted octanol–water partition coefficient (Wildman–Crippen LogP) is 11.5. The minimum atomic E-state index is 0.190. The van der Waals surface area contributed by atoms with E-state index in [9.17, 15) is 0 Å². The van der Waals surface area contributed by atoms with Crippen LogP contribution in [0, 0.1) is 0 Å². The van der Waals surface area contributed by atoms with Crippen LogP contribution < -0.4 is 0 Å². The van der Waals surface area contributed by atoms with Gasteiger partial charge >= 0.3 is 0 Å². The molecular weight excluding hydrogens is 560 g/mol. The lowest BCUT2D eigenvalue weighted by Crippen LogP contribution is -1.90. The van der Waals surface area contributed by atoms with Crippen LogP contribution in [0.1, 0.15) is 0 Å². The molecule has 0 bridgehead atoms. The topological polar surface area (TPSA) is 38.9 Å². The third-order valence-electron chi connectivity index (χ3n) is 8.61. The summed E-state index contributed by atoms with van der Waals surface area (Å²) in [5.74, 6) is 0. The Morgan fingerprint density at radius 1 is 0.409 bits per heavy atom. The normalized spacial score (nSPS) is 11.8. The van der Waals surface area contributed by atoms with Crippen molar-refractivity contribution in [3.8, 4) is 33.5 Å². The second-order valence-corrected chi connectivity index (χ2v) is 11.5. The van der Waals surface area contributed by atoms with E-state index in [1.54, 1.807) is 0 Å². The summed E-state index contributed by atoms with van der Waals surface area (Å²) >= 11 is 6.55. The Kier molecular flexibility index (Phi) is 5.56. The molecule has 0 radical (unpaired) electrons. The zero-order valence-corrected chi connectivity index (χ0v) is 24.2. The van der Waals surface area contributed by atoms with Gasteiger partial charge in [0.25, 0.3) is 0 Å². The van der Waals surface area contributed by atoms with Crippen molar-refractivity contribution in [1.29, 1.82) is 0 Å². The fourth-order valence-corrected chi connectivity index (χ4v) is 6.72. The van der Waals surface area contributed by atoms with Gasteiger partial charge in [-0.15, -0.1) is 0 Å². The van der Waals surface area contributed by atoms with E-state index >= 15 is 0 Å². The van der Waals surface area contributed by atoms with Gasteiger partial charge in [0.05, 0.1) is 0 Å². The average molecular weight is 583 g/mol. The first-order valence-electron chi connectivity index (χ1n) is 14.6. The smallest absolute Gasteiger partial charge is 0.223 e. The van der Waals surface area contributed by atoms with Gasteiger partial charge in [-0.05, 0) is 90.4 Å². The van der Waals surface area contributed by atoms with Gasteiger partial charge in [-0.2, -0.15) is 0 Å². The van der Waals surface area contributed by atoms with Gasteiger partial charge < -0.3 is 4.42 Å². The molecule has 2 aromatic heterocycles. The van der Waals surface area contributed by atoms with Gasteiger partial charge in [0.1, 0.15) is 16.8 Å². The molecule has 4 heteroatoms. The molecule has 9 aromatic rings. The molecule has 0 spiro atoms. The first-order valence-corrected chi connectivity index (χ1v) is 15.0. The fraction of sp³-hybridized carbons (Fsp3) is 0. The molecule has 0 aliphatic rings. The van der Waals surface area contributed by atoms with Crippen LogP contribution in [0.4, 0.5) is 0 Å². The SMILES string of the molecule is Clc1nc(-c2cccc(-c3ccc4c5ccccc5c5ccccc5c4c3)c2)c2oc3ccc(-c4ccccc4)cc3c2n1. The lowest BCUT2D eigenvalue weighted by molar-refractivity contribution is 0.667. The standard InChI is InChI=1S/C40H23ClN2O/c41-40-42-37(39-38(43-40)35-23-26(18-20-36(35)44-39)24-9-2-1-3-10-24)28-12-8-11-25(21-28)27-17-19-33-31-15-5-4-13-29(31)30-14-6-7-16-32(30)34(33)22-27/h1-23H. The van der Waals surface area contributed by atoms with Crippen LogP contribution in [-0.2, 0) is 0 Å². The summed E-state index contributed by atoms with van der Waals surface area (Å²) in [4.78, 5) is 9.28. The summed E-state index contributed by atoms with van der Waals surface area (Å²) in [5, 5.41) is 8.64. The Labute approximate surface area is 258 Å². The maximum absolute atomic E-state index is 6.55. The van der Waals surface area contributed by atoms with Crippen LogP contribution in [0.5, 0.6) is 0 Å². The number of hydrogen-bond acceptors (Lipinski definition) is 3. The van der Waals surface area contributed by atoms with E-state index in [0.717, 1.165) is 38.8 Å². The maximum Gasteiger partial charge on any atom is 0.223 e. The second kappa shape index (κ2) is 9.77. The summed E-state index contributed by atoms with van der Waals surface area (Å²) < 4.78 is 6.39. The zero-order valence-electron chi connectivity index (χ0n) is 23.5. The molecule has 2 heterocycles. The highest BCUT2D eigenvalue weighted by atomic mass is 35.5. The highest BCUT2D eigenvalue weighted by Crippen LogP contribution is 2.40. The number of rotatable bonds is 3. The molecule has 0 saturated heterocycles. The Morgan fingerprint density at radius 2 is 0.955 bits per heavy atom. The third-order valence-corrected chi connectivity index (χ3v) is 8.77. The number of fused-ring (bicyclic) bond motifs is 9. The fourth-order valence-electron chi connectivity index (χ4n) is 6.56. The molecular formula is C40H23ClN2O. The molecule has 0 unspecified atom stereocenters. The van der Waals surface area contributed by atoms with Gasteiger partial charge in [0, 0.05) is 10.9 Å². The van der Waals surface area contributed by atoms with E-state index in [4.69, 9.17) is 16.0 Å². The number of hydrogen-bond donors (Lipinski definition) is 0. The molecule has 0 aliphatic carbocycles. The van der Waals surface area contributed by atoms with Crippen molar-refractivity contribution in [2.24, 2.45) is 0 Å². The Balaban J connectivity index is 1.21. The van der Waals surface area contributed by atoms with Crippen molar-refractivity contribution in [3.05, 3.63) is 145 Å².